The highest BCUT2D eigenvalue weighted by atomic mass is 16.5. The van der Waals surface area contributed by atoms with E-state index in [1.54, 1.807) is 10.9 Å². The van der Waals surface area contributed by atoms with Crippen molar-refractivity contribution in [2.75, 3.05) is 32.8 Å². The lowest BCUT2D eigenvalue weighted by atomic mass is 10.0. The summed E-state index contributed by atoms with van der Waals surface area (Å²) in [5.74, 6) is 0.567. The van der Waals surface area contributed by atoms with Crippen LogP contribution in [0.25, 0.3) is 0 Å². The first kappa shape index (κ1) is 17.0. The lowest BCUT2D eigenvalue weighted by Crippen LogP contribution is -2.49. The average Bonchev–Trinajstić information content (AvgIpc) is 2.83. The summed E-state index contributed by atoms with van der Waals surface area (Å²) < 4.78 is 7.15. The molecule has 1 aromatic heterocycles. The first-order chi connectivity index (χ1) is 10.5. The van der Waals surface area contributed by atoms with Gasteiger partial charge in [-0.15, -0.1) is 0 Å². The van der Waals surface area contributed by atoms with Crippen molar-refractivity contribution in [1.29, 1.82) is 0 Å². The van der Waals surface area contributed by atoms with Crippen LogP contribution < -0.4 is 5.32 Å². The molecule has 0 aromatic carbocycles. The Kier molecular flexibility index (Phi) is 5.97. The van der Waals surface area contributed by atoms with Gasteiger partial charge in [-0.3, -0.25) is 14.4 Å². The second-order valence-electron chi connectivity index (χ2n) is 6.41. The molecule has 0 aliphatic carbocycles. The fourth-order valence-electron chi connectivity index (χ4n) is 2.88. The molecule has 0 saturated carbocycles. The molecule has 1 amide bonds. The fourth-order valence-corrected chi connectivity index (χ4v) is 2.88. The maximum absolute atomic E-state index is 12.3. The smallest absolute Gasteiger partial charge is 0.254 e. The Morgan fingerprint density at radius 1 is 1.41 bits per heavy atom. The van der Waals surface area contributed by atoms with Gasteiger partial charge in [-0.25, -0.2) is 0 Å². The summed E-state index contributed by atoms with van der Waals surface area (Å²) in [6.07, 6.45) is 2.71. The quantitative estimate of drug-likeness (QED) is 0.858. The van der Waals surface area contributed by atoms with Gasteiger partial charge in [0, 0.05) is 38.4 Å². The average molecular weight is 308 g/mol. The van der Waals surface area contributed by atoms with Crippen molar-refractivity contribution in [1.82, 2.24) is 20.0 Å². The summed E-state index contributed by atoms with van der Waals surface area (Å²) in [7, 11) is 1.85. The first-order valence-electron chi connectivity index (χ1n) is 8.07. The van der Waals surface area contributed by atoms with E-state index >= 15 is 0 Å². The minimum Gasteiger partial charge on any atom is -0.379 e. The highest BCUT2D eigenvalue weighted by Crippen LogP contribution is 2.13. The molecule has 2 rings (SSSR count). The number of carbonyl (C=O) groups is 1. The van der Waals surface area contributed by atoms with Crippen LogP contribution >= 0.6 is 0 Å². The maximum Gasteiger partial charge on any atom is 0.254 e. The van der Waals surface area contributed by atoms with E-state index in [0.29, 0.717) is 24.1 Å². The van der Waals surface area contributed by atoms with Crippen molar-refractivity contribution in [3.05, 3.63) is 17.5 Å². The predicted octanol–water partition coefficient (Wildman–Crippen LogP) is 1.21. The number of hydrogen-bond donors (Lipinski definition) is 1. The van der Waals surface area contributed by atoms with Gasteiger partial charge >= 0.3 is 0 Å². The highest BCUT2D eigenvalue weighted by Gasteiger charge is 2.23. The lowest BCUT2D eigenvalue weighted by molar-refractivity contribution is 0.0124. The topological polar surface area (TPSA) is 59.4 Å². The van der Waals surface area contributed by atoms with Crippen LogP contribution in [0.3, 0.4) is 0 Å². The number of nitrogens with zero attached hydrogens (tertiary/aromatic N) is 3. The van der Waals surface area contributed by atoms with Crippen molar-refractivity contribution >= 4 is 5.91 Å². The van der Waals surface area contributed by atoms with Crippen LogP contribution in [0.5, 0.6) is 0 Å². The van der Waals surface area contributed by atoms with Gasteiger partial charge in [0.25, 0.3) is 5.91 Å². The van der Waals surface area contributed by atoms with E-state index in [2.05, 4.69) is 29.2 Å². The SMILES string of the molecule is Cc1c(C(=O)NCC(CC(C)C)N2CCOCC2)cnn1C. The molecule has 1 N–H and O–H groups in total. The molecule has 1 unspecified atom stereocenters. The summed E-state index contributed by atoms with van der Waals surface area (Å²) in [4.78, 5) is 14.8. The van der Waals surface area contributed by atoms with Crippen molar-refractivity contribution in [2.24, 2.45) is 13.0 Å². The Labute approximate surface area is 132 Å². The molecular formula is C16H28N4O2. The van der Waals surface area contributed by atoms with Gasteiger partial charge in [-0.1, -0.05) is 13.8 Å². The minimum atomic E-state index is -0.0346. The molecule has 6 nitrogen and oxygen atoms in total. The van der Waals surface area contributed by atoms with Gasteiger partial charge in [0.05, 0.1) is 25.0 Å². The summed E-state index contributed by atoms with van der Waals surface area (Å²) in [6, 6.07) is 0.366. The number of morpholine rings is 1. The zero-order valence-corrected chi connectivity index (χ0v) is 14.1. The monoisotopic (exact) mass is 308 g/mol. The third-order valence-corrected chi connectivity index (χ3v) is 4.28. The molecule has 22 heavy (non-hydrogen) atoms. The van der Waals surface area contributed by atoms with Crippen LogP contribution in [-0.4, -0.2) is 59.5 Å². The van der Waals surface area contributed by atoms with Crippen molar-refractivity contribution in [3.63, 3.8) is 0 Å². The first-order valence-corrected chi connectivity index (χ1v) is 8.07. The Hall–Kier alpha value is -1.40. The summed E-state index contributed by atoms with van der Waals surface area (Å²) >= 11 is 0. The zero-order valence-electron chi connectivity index (χ0n) is 14.1. The largest absolute Gasteiger partial charge is 0.379 e. The number of ether oxygens (including phenoxy) is 1. The summed E-state index contributed by atoms with van der Waals surface area (Å²) in [5.41, 5.74) is 1.55. The molecule has 124 valence electrons. The van der Waals surface area contributed by atoms with Gasteiger partial charge in [0.2, 0.25) is 0 Å². The number of carbonyl (C=O) groups excluding carboxylic acids is 1. The van der Waals surface area contributed by atoms with E-state index in [1.807, 2.05) is 14.0 Å². The molecule has 6 heteroatoms. The standard InChI is InChI=1S/C16H28N4O2/c1-12(2)9-14(20-5-7-22-8-6-20)10-17-16(21)15-11-18-19(4)13(15)3/h11-12,14H,5-10H2,1-4H3,(H,17,21). The van der Waals surface area contributed by atoms with E-state index in [4.69, 9.17) is 4.74 Å². The van der Waals surface area contributed by atoms with Gasteiger partial charge in [0.1, 0.15) is 0 Å². The normalized spacial score (nSPS) is 17.7. The van der Waals surface area contributed by atoms with Crippen LogP contribution in [0.4, 0.5) is 0 Å². The number of rotatable bonds is 6. The maximum atomic E-state index is 12.3. The summed E-state index contributed by atoms with van der Waals surface area (Å²) in [6.45, 7) is 10.5. The predicted molar refractivity (Wildman–Crippen MR) is 85.9 cm³/mol. The molecule has 2 heterocycles. The molecule has 1 aromatic rings. The van der Waals surface area contributed by atoms with Crippen molar-refractivity contribution in [2.45, 2.75) is 33.2 Å². The van der Waals surface area contributed by atoms with Gasteiger partial charge in [-0.2, -0.15) is 5.10 Å². The molecule has 0 spiro atoms. The molecule has 1 aliphatic rings. The lowest BCUT2D eigenvalue weighted by Gasteiger charge is -2.35. The van der Waals surface area contributed by atoms with Gasteiger partial charge in [0.15, 0.2) is 0 Å². The number of amides is 1. The van der Waals surface area contributed by atoms with Crippen LogP contribution in [-0.2, 0) is 11.8 Å². The van der Waals surface area contributed by atoms with Crippen LogP contribution in [0.15, 0.2) is 6.20 Å². The minimum absolute atomic E-state index is 0.0346. The van der Waals surface area contributed by atoms with E-state index in [-0.39, 0.29) is 5.91 Å². The van der Waals surface area contributed by atoms with Crippen molar-refractivity contribution < 1.29 is 9.53 Å². The highest BCUT2D eigenvalue weighted by molar-refractivity contribution is 5.95. The zero-order chi connectivity index (χ0) is 16.1. The molecule has 0 bridgehead atoms. The Bertz CT molecular complexity index is 492. The van der Waals surface area contributed by atoms with Gasteiger partial charge in [-0.05, 0) is 19.3 Å². The second kappa shape index (κ2) is 7.74. The summed E-state index contributed by atoms with van der Waals surface area (Å²) in [5, 5.41) is 7.21. The number of aromatic nitrogens is 2. The van der Waals surface area contributed by atoms with Crippen molar-refractivity contribution in [3.8, 4) is 0 Å². The second-order valence-corrected chi connectivity index (χ2v) is 6.41. The third kappa shape index (κ3) is 4.30. The molecule has 1 atom stereocenters. The molecule has 1 saturated heterocycles. The molecule has 0 radical (unpaired) electrons. The van der Waals surface area contributed by atoms with Crippen LogP contribution in [0.2, 0.25) is 0 Å². The van der Waals surface area contributed by atoms with E-state index in [9.17, 15) is 4.79 Å². The molecule has 1 fully saturated rings. The Morgan fingerprint density at radius 3 is 2.64 bits per heavy atom. The number of aryl methyl sites for hydroxylation is 1. The van der Waals surface area contributed by atoms with Crippen LogP contribution in [0.1, 0.15) is 36.3 Å². The Balaban J connectivity index is 1.95. The number of nitrogens with one attached hydrogen (secondary N) is 1. The van der Waals surface area contributed by atoms with E-state index in [0.717, 1.165) is 38.4 Å². The van der Waals surface area contributed by atoms with E-state index < -0.39 is 0 Å². The number of hydrogen-bond acceptors (Lipinski definition) is 4. The molecule has 1 aliphatic heterocycles. The van der Waals surface area contributed by atoms with E-state index in [1.165, 1.54) is 0 Å². The third-order valence-electron chi connectivity index (χ3n) is 4.28. The Morgan fingerprint density at radius 2 is 2.09 bits per heavy atom. The molecular weight excluding hydrogens is 280 g/mol. The van der Waals surface area contributed by atoms with Crippen LogP contribution in [0, 0.1) is 12.8 Å². The fraction of sp³-hybridized carbons (Fsp3) is 0.750. The van der Waals surface area contributed by atoms with Gasteiger partial charge < -0.3 is 10.1 Å².